The highest BCUT2D eigenvalue weighted by Gasteiger charge is 1.98. The Morgan fingerprint density at radius 3 is 1.78 bits per heavy atom. The van der Waals surface area contributed by atoms with Gasteiger partial charge in [-0.15, -0.1) is 22.7 Å². The van der Waals surface area contributed by atoms with Crippen molar-refractivity contribution in [1.82, 2.24) is 0 Å². The molecule has 0 aliphatic carbocycles. The first-order valence-electron chi connectivity index (χ1n) is 11.0. The Kier molecular flexibility index (Phi) is 16.6. The van der Waals surface area contributed by atoms with Gasteiger partial charge in [-0.3, -0.25) is 0 Å². The molecule has 0 fully saturated rings. The fraction of sp³-hybridized carbons (Fsp3) is 0.667. The molecule has 27 heavy (non-hydrogen) atoms. The van der Waals surface area contributed by atoms with Crippen molar-refractivity contribution < 1.29 is 0 Å². The minimum absolute atomic E-state index is 1.27. The smallest absolute Gasteiger partial charge is 0.0701 e. The molecule has 0 spiro atoms. The lowest BCUT2D eigenvalue weighted by atomic mass is 10.1. The lowest BCUT2D eigenvalue weighted by molar-refractivity contribution is 0.557. The zero-order valence-electron chi connectivity index (χ0n) is 17.5. The third-order valence-electron chi connectivity index (χ3n) is 4.76. The molecule has 0 aromatic carbocycles. The molecule has 0 unspecified atom stereocenters. The van der Waals surface area contributed by atoms with Crippen LogP contribution in [0.2, 0.25) is 0 Å². The Hall–Kier alpha value is -0.120. The van der Waals surface area contributed by atoms with E-state index in [1.54, 1.807) is 0 Å². The van der Waals surface area contributed by atoms with Gasteiger partial charge in [0.25, 0.3) is 0 Å². The predicted molar refractivity (Wildman–Crippen MR) is 130 cm³/mol. The number of halogens is 1. The number of aryl methyl sites for hydroxylation is 2. The summed E-state index contributed by atoms with van der Waals surface area (Å²) in [6, 6.07) is 8.74. The number of hydrogen-bond acceptors (Lipinski definition) is 2. The van der Waals surface area contributed by atoms with Gasteiger partial charge in [0.1, 0.15) is 0 Å². The predicted octanol–water partition coefficient (Wildman–Crippen LogP) is 10.1. The number of rotatable bonds is 14. The maximum Gasteiger partial charge on any atom is 0.0701 e. The van der Waals surface area contributed by atoms with Crippen molar-refractivity contribution in [2.45, 2.75) is 104 Å². The molecule has 0 aliphatic rings. The van der Waals surface area contributed by atoms with E-state index in [4.69, 9.17) is 0 Å². The van der Waals surface area contributed by atoms with Gasteiger partial charge in [-0.1, -0.05) is 84.1 Å². The van der Waals surface area contributed by atoms with Crippen molar-refractivity contribution in [3.8, 4) is 0 Å². The molecule has 3 heteroatoms. The molecule has 0 saturated heterocycles. The summed E-state index contributed by atoms with van der Waals surface area (Å²) < 4.78 is 1.27. The van der Waals surface area contributed by atoms with Crippen LogP contribution in [-0.4, -0.2) is 0 Å². The normalized spacial score (nSPS) is 10.6. The molecule has 2 rings (SSSR count). The third kappa shape index (κ3) is 14.5. The second-order valence-corrected chi connectivity index (χ2v) is 10.9. The fourth-order valence-corrected chi connectivity index (χ4v) is 5.35. The van der Waals surface area contributed by atoms with E-state index >= 15 is 0 Å². The van der Waals surface area contributed by atoms with Gasteiger partial charge in [0.05, 0.1) is 3.79 Å². The first-order chi connectivity index (χ1) is 13.3. The largest absolute Gasteiger partial charge is 0.149 e. The Balaban J connectivity index is 0.000000337. The Morgan fingerprint density at radius 2 is 1.26 bits per heavy atom. The van der Waals surface area contributed by atoms with Crippen LogP contribution in [0.25, 0.3) is 0 Å². The van der Waals surface area contributed by atoms with E-state index in [-0.39, 0.29) is 0 Å². The average molecular weight is 472 g/mol. The van der Waals surface area contributed by atoms with Gasteiger partial charge in [-0.05, 0) is 65.2 Å². The molecule has 0 saturated carbocycles. The Morgan fingerprint density at radius 1 is 0.667 bits per heavy atom. The first kappa shape index (κ1) is 24.9. The van der Waals surface area contributed by atoms with Crippen molar-refractivity contribution in [3.05, 3.63) is 43.2 Å². The summed E-state index contributed by atoms with van der Waals surface area (Å²) >= 11 is 7.27. The van der Waals surface area contributed by atoms with Gasteiger partial charge in [-0.2, -0.15) is 0 Å². The Labute approximate surface area is 184 Å². The van der Waals surface area contributed by atoms with Gasteiger partial charge in [0.2, 0.25) is 0 Å². The van der Waals surface area contributed by atoms with Crippen LogP contribution in [0.4, 0.5) is 0 Å². The van der Waals surface area contributed by atoms with E-state index in [2.05, 4.69) is 59.4 Å². The van der Waals surface area contributed by atoms with E-state index in [1.165, 1.54) is 103 Å². The topological polar surface area (TPSA) is 0 Å². The van der Waals surface area contributed by atoms with E-state index in [9.17, 15) is 0 Å². The van der Waals surface area contributed by atoms with Crippen LogP contribution in [0, 0.1) is 0 Å². The molecular formula is C24H39BrS2. The summed E-state index contributed by atoms with van der Waals surface area (Å²) in [4.78, 5) is 3.05. The summed E-state index contributed by atoms with van der Waals surface area (Å²) in [5, 5.41) is 2.14. The van der Waals surface area contributed by atoms with Crippen molar-refractivity contribution in [1.29, 1.82) is 0 Å². The standard InChI is InChI=1S/C16H27BrS.C8H12S/c1-2-3-4-5-6-7-8-9-10-11-12-15-13-14-16(17)18-15;1-2-3-5-8-6-4-7-9-8/h13-14H,2-12H2,1H3;4,6-7H,2-3,5H2,1H3. The van der Waals surface area contributed by atoms with Gasteiger partial charge in [0.15, 0.2) is 0 Å². The van der Waals surface area contributed by atoms with E-state index in [0.717, 1.165) is 0 Å². The summed E-state index contributed by atoms with van der Waals surface area (Å²) in [7, 11) is 0. The van der Waals surface area contributed by atoms with E-state index in [0.29, 0.717) is 0 Å². The molecule has 0 aliphatic heterocycles. The SMILES string of the molecule is CCCCCCCCCCCCc1ccc(Br)s1.CCCCc1cccs1. The highest BCUT2D eigenvalue weighted by Crippen LogP contribution is 2.23. The minimum Gasteiger partial charge on any atom is -0.149 e. The maximum atomic E-state index is 3.52. The molecule has 0 amide bonds. The van der Waals surface area contributed by atoms with E-state index in [1.807, 2.05) is 22.7 Å². The number of thiophene rings is 2. The lowest BCUT2D eigenvalue weighted by Gasteiger charge is -2.01. The second-order valence-electron chi connectivity index (χ2n) is 7.32. The molecule has 0 N–H and O–H groups in total. The van der Waals surface area contributed by atoms with E-state index < -0.39 is 0 Å². The Bertz CT molecular complexity index is 530. The van der Waals surface area contributed by atoms with Crippen molar-refractivity contribution >= 4 is 38.6 Å². The highest BCUT2D eigenvalue weighted by atomic mass is 79.9. The molecule has 2 heterocycles. The van der Waals surface area contributed by atoms with Crippen LogP contribution in [-0.2, 0) is 12.8 Å². The van der Waals surface area contributed by atoms with Crippen LogP contribution in [0.15, 0.2) is 33.4 Å². The highest BCUT2D eigenvalue weighted by molar-refractivity contribution is 9.11. The lowest BCUT2D eigenvalue weighted by Crippen LogP contribution is -1.83. The summed E-state index contributed by atoms with van der Waals surface area (Å²) in [5.41, 5.74) is 0. The van der Waals surface area contributed by atoms with Crippen molar-refractivity contribution in [2.75, 3.05) is 0 Å². The molecule has 0 atom stereocenters. The van der Waals surface area contributed by atoms with Crippen LogP contribution in [0.1, 0.15) is 101 Å². The molecule has 154 valence electrons. The molecule has 2 aromatic rings. The minimum atomic E-state index is 1.27. The third-order valence-corrected chi connectivity index (χ3v) is 7.38. The summed E-state index contributed by atoms with van der Waals surface area (Å²) in [5.74, 6) is 0. The van der Waals surface area contributed by atoms with Crippen molar-refractivity contribution in [3.63, 3.8) is 0 Å². The first-order valence-corrected chi connectivity index (χ1v) is 13.5. The molecule has 0 bridgehead atoms. The van der Waals surface area contributed by atoms with Crippen LogP contribution in [0.5, 0.6) is 0 Å². The zero-order chi connectivity index (χ0) is 19.6. The van der Waals surface area contributed by atoms with Gasteiger partial charge in [-0.25, -0.2) is 0 Å². The molecule has 0 nitrogen and oxygen atoms in total. The number of hydrogen-bond donors (Lipinski definition) is 0. The summed E-state index contributed by atoms with van der Waals surface area (Å²) in [6.45, 7) is 4.51. The van der Waals surface area contributed by atoms with Crippen LogP contribution < -0.4 is 0 Å². The van der Waals surface area contributed by atoms with Crippen LogP contribution in [0.3, 0.4) is 0 Å². The average Bonchev–Trinajstić information content (AvgIpc) is 3.34. The van der Waals surface area contributed by atoms with Crippen molar-refractivity contribution in [2.24, 2.45) is 0 Å². The molecular weight excluding hydrogens is 432 g/mol. The van der Waals surface area contributed by atoms with Gasteiger partial charge in [0, 0.05) is 9.75 Å². The van der Waals surface area contributed by atoms with Crippen LogP contribution >= 0.6 is 38.6 Å². The fourth-order valence-electron chi connectivity index (χ4n) is 3.08. The monoisotopic (exact) mass is 470 g/mol. The summed E-state index contributed by atoms with van der Waals surface area (Å²) in [6.07, 6.45) is 19.4. The maximum absolute atomic E-state index is 3.52. The molecule has 0 radical (unpaired) electrons. The van der Waals surface area contributed by atoms with Gasteiger partial charge >= 0.3 is 0 Å². The quantitative estimate of drug-likeness (QED) is 0.240. The molecule has 2 aromatic heterocycles. The van der Waals surface area contributed by atoms with Gasteiger partial charge < -0.3 is 0 Å². The zero-order valence-corrected chi connectivity index (χ0v) is 20.7. The number of unbranched alkanes of at least 4 members (excludes halogenated alkanes) is 10. The second kappa shape index (κ2) is 17.9.